The molecule has 12 heavy (non-hydrogen) atoms. The van der Waals surface area contributed by atoms with Gasteiger partial charge in [-0.1, -0.05) is 32.2 Å². The molecule has 0 aromatic rings. The maximum atomic E-state index is 9.63. The summed E-state index contributed by atoms with van der Waals surface area (Å²) in [6, 6.07) is 0. The van der Waals surface area contributed by atoms with Crippen LogP contribution >= 0.6 is 0 Å². The van der Waals surface area contributed by atoms with Gasteiger partial charge in [-0.3, -0.25) is 0 Å². The van der Waals surface area contributed by atoms with Gasteiger partial charge in [0.1, 0.15) is 5.60 Å². The zero-order chi connectivity index (χ0) is 9.61. The second-order valence-electron chi connectivity index (χ2n) is 3.00. The maximum absolute atomic E-state index is 9.63. The Balaban J connectivity index is 3.88. The molecule has 0 aliphatic rings. The number of aliphatic hydroxyl groups excluding tert-OH is 1. The average molecular weight is 170 g/mol. The third-order valence-corrected chi connectivity index (χ3v) is 2.06. The van der Waals surface area contributed by atoms with Gasteiger partial charge in [0.05, 0.1) is 6.10 Å². The fraction of sp³-hybridized carbons (Fsp3) is 0.600. The summed E-state index contributed by atoms with van der Waals surface area (Å²) in [5.41, 5.74) is -1.02. The van der Waals surface area contributed by atoms with Crippen molar-refractivity contribution in [2.75, 3.05) is 0 Å². The normalized spacial score (nSPS) is 13.9. The summed E-state index contributed by atoms with van der Waals surface area (Å²) < 4.78 is 0. The molecule has 0 spiro atoms. The molecule has 1 unspecified atom stereocenters. The zero-order valence-corrected chi connectivity index (χ0v) is 7.66. The third-order valence-electron chi connectivity index (χ3n) is 2.06. The van der Waals surface area contributed by atoms with Crippen molar-refractivity contribution < 1.29 is 10.2 Å². The highest BCUT2D eigenvalue weighted by Crippen LogP contribution is 2.17. The molecule has 2 nitrogen and oxygen atoms in total. The van der Waals surface area contributed by atoms with Crippen LogP contribution in [-0.2, 0) is 0 Å². The van der Waals surface area contributed by atoms with E-state index in [1.165, 1.54) is 12.2 Å². The predicted octanol–water partition coefficient (Wildman–Crippen LogP) is 1.64. The van der Waals surface area contributed by atoms with Gasteiger partial charge in [-0.05, 0) is 19.3 Å². The molecule has 2 heteroatoms. The summed E-state index contributed by atoms with van der Waals surface area (Å²) in [4.78, 5) is 0. The Morgan fingerprint density at radius 1 is 1.42 bits per heavy atom. The first-order chi connectivity index (χ1) is 5.58. The van der Waals surface area contributed by atoms with Crippen LogP contribution in [0.2, 0.25) is 0 Å². The molecule has 0 radical (unpaired) electrons. The van der Waals surface area contributed by atoms with Crippen molar-refractivity contribution in [1.29, 1.82) is 0 Å². The Morgan fingerprint density at radius 3 is 2.25 bits per heavy atom. The molecule has 0 bridgehead atoms. The van der Waals surface area contributed by atoms with E-state index in [0.29, 0.717) is 19.3 Å². The van der Waals surface area contributed by atoms with Gasteiger partial charge in [0, 0.05) is 0 Å². The number of rotatable bonds is 6. The van der Waals surface area contributed by atoms with E-state index >= 15 is 0 Å². The Morgan fingerprint density at radius 2 is 1.92 bits per heavy atom. The van der Waals surface area contributed by atoms with Crippen molar-refractivity contribution in [2.45, 2.75) is 37.9 Å². The largest absolute Gasteiger partial charge is 0.393 e. The molecule has 0 aromatic heterocycles. The maximum Gasteiger partial charge on any atom is 0.100 e. The Hall–Kier alpha value is -0.600. The molecule has 0 aliphatic carbocycles. The molecular weight excluding hydrogens is 152 g/mol. The molecule has 70 valence electrons. The standard InChI is InChI=1S/C10H18O2/c1-4-9(11)7-8-10(12,5-2)6-3/h5-6,9,11-12H,2-4,7-8H2,1H3. The molecule has 0 fully saturated rings. The minimum absolute atomic E-state index is 0.337. The highest BCUT2D eigenvalue weighted by atomic mass is 16.3. The summed E-state index contributed by atoms with van der Waals surface area (Å²) in [6.07, 6.45) is 4.33. The number of hydrogen-bond donors (Lipinski definition) is 2. The van der Waals surface area contributed by atoms with Crippen LogP contribution in [0.5, 0.6) is 0 Å². The summed E-state index contributed by atoms with van der Waals surface area (Å²) >= 11 is 0. The lowest BCUT2D eigenvalue weighted by Gasteiger charge is -2.20. The molecule has 0 aliphatic heterocycles. The van der Waals surface area contributed by atoms with Crippen LogP contribution in [-0.4, -0.2) is 21.9 Å². The van der Waals surface area contributed by atoms with Crippen molar-refractivity contribution in [3.8, 4) is 0 Å². The second-order valence-corrected chi connectivity index (χ2v) is 3.00. The van der Waals surface area contributed by atoms with Crippen molar-refractivity contribution in [1.82, 2.24) is 0 Å². The molecule has 0 aromatic carbocycles. The Bertz CT molecular complexity index is 144. The lowest BCUT2D eigenvalue weighted by Crippen LogP contribution is -2.24. The van der Waals surface area contributed by atoms with Gasteiger partial charge < -0.3 is 10.2 Å². The molecule has 0 rings (SSSR count). The van der Waals surface area contributed by atoms with Crippen molar-refractivity contribution in [2.24, 2.45) is 0 Å². The van der Waals surface area contributed by atoms with E-state index < -0.39 is 5.60 Å². The van der Waals surface area contributed by atoms with Gasteiger partial charge in [-0.15, -0.1) is 0 Å². The summed E-state index contributed by atoms with van der Waals surface area (Å²) in [5.74, 6) is 0. The summed E-state index contributed by atoms with van der Waals surface area (Å²) in [5, 5.41) is 18.9. The van der Waals surface area contributed by atoms with Crippen LogP contribution in [0.1, 0.15) is 26.2 Å². The first-order valence-corrected chi connectivity index (χ1v) is 4.25. The fourth-order valence-electron chi connectivity index (χ4n) is 0.889. The van der Waals surface area contributed by atoms with E-state index in [4.69, 9.17) is 0 Å². The van der Waals surface area contributed by atoms with Gasteiger partial charge in [0.2, 0.25) is 0 Å². The molecule has 0 heterocycles. The molecule has 2 N–H and O–H groups in total. The van der Waals surface area contributed by atoms with Crippen LogP contribution in [0, 0.1) is 0 Å². The monoisotopic (exact) mass is 170 g/mol. The highest BCUT2D eigenvalue weighted by Gasteiger charge is 2.18. The minimum atomic E-state index is -1.02. The van der Waals surface area contributed by atoms with Crippen LogP contribution in [0.15, 0.2) is 25.3 Å². The molecule has 0 saturated carbocycles. The molecule has 0 amide bonds. The van der Waals surface area contributed by atoms with E-state index in [0.717, 1.165) is 0 Å². The predicted molar refractivity (Wildman–Crippen MR) is 50.9 cm³/mol. The van der Waals surface area contributed by atoms with E-state index in [1.54, 1.807) is 0 Å². The van der Waals surface area contributed by atoms with Gasteiger partial charge in [0.25, 0.3) is 0 Å². The fourth-order valence-corrected chi connectivity index (χ4v) is 0.889. The number of hydrogen-bond acceptors (Lipinski definition) is 2. The zero-order valence-electron chi connectivity index (χ0n) is 7.66. The van der Waals surface area contributed by atoms with Crippen molar-refractivity contribution >= 4 is 0 Å². The Kier molecular flexibility index (Phi) is 4.86. The SMILES string of the molecule is C=CC(O)(C=C)CCC(O)CC. The second kappa shape index (κ2) is 5.12. The summed E-state index contributed by atoms with van der Waals surface area (Å²) in [7, 11) is 0. The first kappa shape index (κ1) is 11.4. The smallest absolute Gasteiger partial charge is 0.100 e. The van der Waals surface area contributed by atoms with Gasteiger partial charge in [-0.2, -0.15) is 0 Å². The van der Waals surface area contributed by atoms with Crippen LogP contribution in [0.25, 0.3) is 0 Å². The lowest BCUT2D eigenvalue weighted by molar-refractivity contribution is 0.0929. The lowest BCUT2D eigenvalue weighted by atomic mass is 9.95. The van der Waals surface area contributed by atoms with Crippen molar-refractivity contribution in [3.63, 3.8) is 0 Å². The van der Waals surface area contributed by atoms with Gasteiger partial charge in [-0.25, -0.2) is 0 Å². The van der Waals surface area contributed by atoms with E-state index in [-0.39, 0.29) is 6.10 Å². The average Bonchev–Trinajstić information content (AvgIpc) is 2.13. The molecular formula is C10H18O2. The topological polar surface area (TPSA) is 40.5 Å². The number of aliphatic hydroxyl groups is 2. The first-order valence-electron chi connectivity index (χ1n) is 4.25. The Labute approximate surface area is 74.2 Å². The summed E-state index contributed by atoms with van der Waals surface area (Å²) in [6.45, 7) is 8.92. The highest BCUT2D eigenvalue weighted by molar-refractivity contribution is 5.07. The van der Waals surface area contributed by atoms with E-state index in [2.05, 4.69) is 13.2 Å². The van der Waals surface area contributed by atoms with Crippen LogP contribution in [0.4, 0.5) is 0 Å². The van der Waals surface area contributed by atoms with Gasteiger partial charge >= 0.3 is 0 Å². The molecule has 1 atom stereocenters. The van der Waals surface area contributed by atoms with Crippen LogP contribution < -0.4 is 0 Å². The third kappa shape index (κ3) is 3.69. The van der Waals surface area contributed by atoms with Crippen LogP contribution in [0.3, 0.4) is 0 Å². The van der Waals surface area contributed by atoms with E-state index in [9.17, 15) is 10.2 Å². The van der Waals surface area contributed by atoms with Gasteiger partial charge in [0.15, 0.2) is 0 Å². The van der Waals surface area contributed by atoms with E-state index in [1.807, 2.05) is 6.92 Å². The minimum Gasteiger partial charge on any atom is -0.393 e. The molecule has 0 saturated heterocycles. The quantitative estimate of drug-likeness (QED) is 0.595. The van der Waals surface area contributed by atoms with Crippen molar-refractivity contribution in [3.05, 3.63) is 25.3 Å².